The summed E-state index contributed by atoms with van der Waals surface area (Å²) in [6.45, 7) is 0. The third kappa shape index (κ3) is 3.12. The van der Waals surface area contributed by atoms with Crippen LogP contribution >= 0.6 is 23.2 Å². The molecule has 0 saturated heterocycles. The van der Waals surface area contributed by atoms with Gasteiger partial charge in [-0.25, -0.2) is 0 Å². The van der Waals surface area contributed by atoms with Gasteiger partial charge in [-0.2, -0.15) is 0 Å². The van der Waals surface area contributed by atoms with E-state index in [-0.39, 0.29) is 24.3 Å². The Morgan fingerprint density at radius 1 is 1.20 bits per heavy atom. The van der Waals surface area contributed by atoms with E-state index < -0.39 is 0 Å². The molecule has 0 N–H and O–H groups in total. The minimum absolute atomic E-state index is 0.0881. The van der Waals surface area contributed by atoms with E-state index in [2.05, 4.69) is 0 Å². The number of fused-ring (bicyclic) bond motifs is 1. The van der Waals surface area contributed by atoms with Gasteiger partial charge in [0, 0.05) is 24.9 Å². The van der Waals surface area contributed by atoms with E-state index >= 15 is 0 Å². The van der Waals surface area contributed by atoms with Gasteiger partial charge < -0.3 is 14.4 Å². The number of hydrogen-bond donors (Lipinski definition) is 0. The summed E-state index contributed by atoms with van der Waals surface area (Å²) >= 11 is 12.2. The van der Waals surface area contributed by atoms with Crippen LogP contribution in [0.25, 0.3) is 0 Å². The molecule has 130 valence electrons. The molecule has 2 aromatic carbocycles. The van der Waals surface area contributed by atoms with Gasteiger partial charge in [0.05, 0.1) is 23.2 Å². The van der Waals surface area contributed by atoms with Crippen molar-refractivity contribution in [2.24, 2.45) is 0 Å². The Balaban J connectivity index is 2.09. The van der Waals surface area contributed by atoms with Crippen LogP contribution in [0.1, 0.15) is 39.9 Å². The number of amides is 1. The number of rotatable bonds is 5. The van der Waals surface area contributed by atoms with Crippen LogP contribution in [0.4, 0.5) is 0 Å². The second-order valence-electron chi connectivity index (χ2n) is 6.00. The van der Waals surface area contributed by atoms with E-state index in [1.165, 1.54) is 0 Å². The zero-order chi connectivity index (χ0) is 18.1. The predicted molar refractivity (Wildman–Crippen MR) is 97.7 cm³/mol. The van der Waals surface area contributed by atoms with Crippen molar-refractivity contribution in [3.05, 3.63) is 63.1 Å². The summed E-state index contributed by atoms with van der Waals surface area (Å²) in [7, 11) is 3.31. The van der Waals surface area contributed by atoms with Crippen molar-refractivity contribution in [1.29, 1.82) is 0 Å². The van der Waals surface area contributed by atoms with Gasteiger partial charge >= 0.3 is 0 Å². The zero-order valence-corrected chi connectivity index (χ0v) is 15.3. The monoisotopic (exact) mass is 377 g/mol. The molecule has 4 nitrogen and oxygen atoms in total. The van der Waals surface area contributed by atoms with Gasteiger partial charge in [-0.1, -0.05) is 35.3 Å². The molecule has 1 aliphatic rings. The Morgan fingerprint density at radius 2 is 1.96 bits per heavy atom. The molecule has 6 heteroatoms. The molecule has 3 rings (SSSR count). The minimum atomic E-state index is -0.254. The third-order valence-corrected chi connectivity index (χ3v) is 5.39. The molecule has 0 saturated carbocycles. The molecule has 1 aliphatic heterocycles. The Hall–Kier alpha value is -2.04. The summed E-state index contributed by atoms with van der Waals surface area (Å²) in [5.74, 6) is 0.327. The molecule has 2 aromatic rings. The maximum atomic E-state index is 12.7. The smallest absolute Gasteiger partial charge is 0.254 e. The van der Waals surface area contributed by atoms with Crippen molar-refractivity contribution < 1.29 is 14.3 Å². The normalized spacial score (nSPS) is 17.4. The first-order valence-electron chi connectivity index (χ1n) is 7.81. The number of benzene rings is 2. The van der Waals surface area contributed by atoms with E-state index in [0.29, 0.717) is 21.4 Å². The van der Waals surface area contributed by atoms with Crippen LogP contribution in [-0.2, 0) is 4.79 Å². The molecule has 2 atom stereocenters. The van der Waals surface area contributed by atoms with Gasteiger partial charge in [-0.3, -0.25) is 4.79 Å². The highest BCUT2D eigenvalue weighted by atomic mass is 35.5. The average Bonchev–Trinajstić information content (AvgIpc) is 2.86. The van der Waals surface area contributed by atoms with Gasteiger partial charge in [0.25, 0.3) is 5.91 Å². The average molecular weight is 378 g/mol. The summed E-state index contributed by atoms with van der Waals surface area (Å²) in [6.07, 6.45) is 1.14. The van der Waals surface area contributed by atoms with Crippen LogP contribution in [-0.4, -0.2) is 31.3 Å². The van der Waals surface area contributed by atoms with Gasteiger partial charge in [0.2, 0.25) is 0 Å². The maximum Gasteiger partial charge on any atom is 0.254 e. The summed E-state index contributed by atoms with van der Waals surface area (Å²) in [5, 5.41) is 0.883. The number of likely N-dealkylation sites (N-methyl/N-ethyl adjacent to an activating group) is 1. The van der Waals surface area contributed by atoms with Gasteiger partial charge in [-0.15, -0.1) is 0 Å². The number of nitrogens with zero attached hydrogens (tertiary/aromatic N) is 1. The SMILES string of the molecule is COc1ccc2c(c1)C(=O)N(C)C2C(CC=O)c1ccc(Cl)c(Cl)c1. The molecule has 1 heterocycles. The van der Waals surface area contributed by atoms with Crippen molar-refractivity contribution in [3.8, 4) is 5.75 Å². The van der Waals surface area contributed by atoms with E-state index in [9.17, 15) is 9.59 Å². The Morgan fingerprint density at radius 3 is 2.60 bits per heavy atom. The second-order valence-corrected chi connectivity index (χ2v) is 6.81. The Labute approximate surface area is 156 Å². The highest BCUT2D eigenvalue weighted by molar-refractivity contribution is 6.42. The molecule has 0 aromatic heterocycles. The Bertz CT molecular complexity index is 837. The maximum absolute atomic E-state index is 12.7. The molecule has 0 radical (unpaired) electrons. The lowest BCUT2D eigenvalue weighted by Crippen LogP contribution is -2.28. The van der Waals surface area contributed by atoms with Crippen molar-refractivity contribution >= 4 is 35.4 Å². The lowest BCUT2D eigenvalue weighted by molar-refractivity contribution is -0.108. The molecule has 0 spiro atoms. The largest absolute Gasteiger partial charge is 0.497 e. The topological polar surface area (TPSA) is 46.6 Å². The van der Waals surface area contributed by atoms with Crippen molar-refractivity contribution in [2.45, 2.75) is 18.4 Å². The first-order valence-corrected chi connectivity index (χ1v) is 8.57. The summed E-state index contributed by atoms with van der Waals surface area (Å²) < 4.78 is 5.22. The van der Waals surface area contributed by atoms with E-state index in [1.54, 1.807) is 37.3 Å². The minimum Gasteiger partial charge on any atom is -0.497 e. The fraction of sp³-hybridized carbons (Fsp3) is 0.263. The Kier molecular flexibility index (Phi) is 5.02. The van der Waals surface area contributed by atoms with Gasteiger partial charge in [-0.05, 0) is 35.4 Å². The first kappa shape index (κ1) is 17.8. The lowest BCUT2D eigenvalue weighted by atomic mass is 9.85. The summed E-state index contributed by atoms with van der Waals surface area (Å²) in [4.78, 5) is 25.7. The van der Waals surface area contributed by atoms with Gasteiger partial charge in [0.1, 0.15) is 12.0 Å². The summed E-state index contributed by atoms with van der Waals surface area (Å²) in [5.41, 5.74) is 2.35. The van der Waals surface area contributed by atoms with Crippen LogP contribution in [0.15, 0.2) is 36.4 Å². The quantitative estimate of drug-likeness (QED) is 0.720. The number of ether oxygens (including phenoxy) is 1. The summed E-state index contributed by atoms with van der Waals surface area (Å²) in [6, 6.07) is 10.5. The molecule has 0 aliphatic carbocycles. The highest BCUT2D eigenvalue weighted by Crippen LogP contribution is 2.45. The van der Waals surface area contributed by atoms with E-state index in [1.807, 2.05) is 18.2 Å². The first-order chi connectivity index (χ1) is 12.0. The van der Waals surface area contributed by atoms with Crippen molar-refractivity contribution in [3.63, 3.8) is 0 Å². The number of carbonyl (C=O) groups is 2. The number of carbonyl (C=O) groups excluding carboxylic acids is 2. The third-order valence-electron chi connectivity index (χ3n) is 4.65. The van der Waals surface area contributed by atoms with Crippen molar-refractivity contribution in [2.75, 3.05) is 14.2 Å². The van der Waals surface area contributed by atoms with Crippen LogP contribution in [0.2, 0.25) is 10.0 Å². The predicted octanol–water partition coefficient (Wildman–Crippen LogP) is 4.50. The highest BCUT2D eigenvalue weighted by Gasteiger charge is 2.39. The molecule has 0 fully saturated rings. The van der Waals surface area contributed by atoms with Crippen LogP contribution in [0.5, 0.6) is 5.75 Å². The standard InChI is InChI=1S/C19H17Cl2NO3/c1-22-18(14-5-4-12(25-2)10-15(14)19(22)24)13(7-8-23)11-3-6-16(20)17(21)9-11/h3-6,8-10,13,18H,7H2,1-2H3. The molecule has 25 heavy (non-hydrogen) atoms. The van der Waals surface area contributed by atoms with Crippen LogP contribution in [0, 0.1) is 0 Å². The van der Waals surface area contributed by atoms with E-state index in [4.69, 9.17) is 27.9 Å². The second kappa shape index (κ2) is 7.06. The fourth-order valence-corrected chi connectivity index (χ4v) is 3.72. The zero-order valence-electron chi connectivity index (χ0n) is 13.8. The molecule has 2 unspecified atom stereocenters. The number of methoxy groups -OCH3 is 1. The fourth-order valence-electron chi connectivity index (χ4n) is 3.41. The van der Waals surface area contributed by atoms with Crippen LogP contribution in [0.3, 0.4) is 0 Å². The van der Waals surface area contributed by atoms with Crippen LogP contribution < -0.4 is 4.74 Å². The van der Waals surface area contributed by atoms with E-state index in [0.717, 1.165) is 17.4 Å². The number of aldehydes is 1. The molecular formula is C19H17Cl2NO3. The molecule has 1 amide bonds. The molecule has 0 bridgehead atoms. The number of hydrogen-bond acceptors (Lipinski definition) is 3. The molecular weight excluding hydrogens is 361 g/mol. The van der Waals surface area contributed by atoms with Gasteiger partial charge in [0.15, 0.2) is 0 Å². The lowest BCUT2D eigenvalue weighted by Gasteiger charge is -2.29. The van der Waals surface area contributed by atoms with Crippen molar-refractivity contribution in [1.82, 2.24) is 4.90 Å². The number of halogens is 2.